The lowest BCUT2D eigenvalue weighted by Gasteiger charge is -2.34. The van der Waals surface area contributed by atoms with Crippen LogP contribution < -0.4 is 0 Å². The SMILES string of the molecule is CC(C)C1(CCCOCc2ccccc2)CCN(C(=O)OC(C)(C)C)C1. The van der Waals surface area contributed by atoms with Crippen molar-refractivity contribution in [1.29, 1.82) is 0 Å². The number of ether oxygens (including phenoxy) is 2. The van der Waals surface area contributed by atoms with Crippen LogP contribution >= 0.6 is 0 Å². The van der Waals surface area contributed by atoms with Crippen LogP contribution in [0.3, 0.4) is 0 Å². The third-order valence-corrected chi connectivity index (χ3v) is 5.34. The van der Waals surface area contributed by atoms with E-state index in [1.165, 1.54) is 5.56 Å². The highest BCUT2D eigenvalue weighted by molar-refractivity contribution is 5.68. The van der Waals surface area contributed by atoms with Crippen molar-refractivity contribution in [2.24, 2.45) is 11.3 Å². The second-order valence-electron chi connectivity index (χ2n) is 8.81. The zero-order valence-corrected chi connectivity index (χ0v) is 17.1. The molecule has 4 nitrogen and oxygen atoms in total. The van der Waals surface area contributed by atoms with E-state index in [2.05, 4.69) is 26.0 Å². The predicted octanol–water partition coefficient (Wildman–Crippen LogP) is 5.27. The molecular formula is C22H35NO3. The Hall–Kier alpha value is -1.55. The van der Waals surface area contributed by atoms with E-state index in [9.17, 15) is 4.79 Å². The molecule has 26 heavy (non-hydrogen) atoms. The molecule has 0 aliphatic carbocycles. The third kappa shape index (κ3) is 6.01. The Morgan fingerprint density at radius 1 is 1.23 bits per heavy atom. The van der Waals surface area contributed by atoms with Gasteiger partial charge in [-0.25, -0.2) is 4.79 Å². The first-order chi connectivity index (χ1) is 12.2. The summed E-state index contributed by atoms with van der Waals surface area (Å²) in [5.74, 6) is 0.532. The zero-order chi connectivity index (χ0) is 19.2. The van der Waals surface area contributed by atoms with Gasteiger partial charge in [-0.2, -0.15) is 0 Å². The Morgan fingerprint density at radius 3 is 2.54 bits per heavy atom. The van der Waals surface area contributed by atoms with Crippen molar-refractivity contribution >= 4 is 6.09 Å². The smallest absolute Gasteiger partial charge is 0.410 e. The van der Waals surface area contributed by atoms with Gasteiger partial charge in [0.25, 0.3) is 0 Å². The highest BCUT2D eigenvalue weighted by Crippen LogP contribution is 2.42. The maximum absolute atomic E-state index is 12.4. The van der Waals surface area contributed by atoms with Crippen LogP contribution in [0.15, 0.2) is 30.3 Å². The molecule has 1 aliphatic heterocycles. The summed E-state index contributed by atoms with van der Waals surface area (Å²) < 4.78 is 11.4. The second-order valence-corrected chi connectivity index (χ2v) is 8.81. The number of carbonyl (C=O) groups is 1. The van der Waals surface area contributed by atoms with E-state index >= 15 is 0 Å². The first-order valence-corrected chi connectivity index (χ1v) is 9.81. The van der Waals surface area contributed by atoms with Gasteiger partial charge in [0.2, 0.25) is 0 Å². The van der Waals surface area contributed by atoms with Crippen molar-refractivity contribution in [3.63, 3.8) is 0 Å². The van der Waals surface area contributed by atoms with Gasteiger partial charge >= 0.3 is 6.09 Å². The molecule has 0 radical (unpaired) electrons. The van der Waals surface area contributed by atoms with Gasteiger partial charge in [-0.15, -0.1) is 0 Å². The number of hydrogen-bond donors (Lipinski definition) is 0. The highest BCUT2D eigenvalue weighted by Gasteiger charge is 2.42. The van der Waals surface area contributed by atoms with Gasteiger partial charge in [0.15, 0.2) is 0 Å². The molecule has 0 spiro atoms. The molecule has 4 heteroatoms. The Bertz CT molecular complexity index is 565. The fraction of sp³-hybridized carbons (Fsp3) is 0.682. The summed E-state index contributed by atoms with van der Waals surface area (Å²) in [5, 5.41) is 0. The predicted molar refractivity (Wildman–Crippen MR) is 105 cm³/mol. The van der Waals surface area contributed by atoms with E-state index in [1.807, 2.05) is 43.9 Å². The fourth-order valence-electron chi connectivity index (χ4n) is 3.63. The number of carbonyl (C=O) groups excluding carboxylic acids is 1. The highest BCUT2D eigenvalue weighted by atomic mass is 16.6. The minimum Gasteiger partial charge on any atom is -0.444 e. The largest absolute Gasteiger partial charge is 0.444 e. The average Bonchev–Trinajstić information content (AvgIpc) is 3.00. The maximum atomic E-state index is 12.4. The van der Waals surface area contributed by atoms with Crippen LogP contribution in [0.4, 0.5) is 4.79 Å². The van der Waals surface area contributed by atoms with Crippen LogP contribution in [-0.2, 0) is 16.1 Å². The van der Waals surface area contributed by atoms with E-state index < -0.39 is 5.60 Å². The van der Waals surface area contributed by atoms with E-state index in [4.69, 9.17) is 9.47 Å². The van der Waals surface area contributed by atoms with Crippen LogP contribution in [0.2, 0.25) is 0 Å². The minimum absolute atomic E-state index is 0.174. The van der Waals surface area contributed by atoms with E-state index in [1.54, 1.807) is 0 Å². The van der Waals surface area contributed by atoms with Gasteiger partial charge < -0.3 is 14.4 Å². The molecule has 1 amide bonds. The molecular weight excluding hydrogens is 326 g/mol. The molecule has 1 saturated heterocycles. The number of rotatable bonds is 7. The first-order valence-electron chi connectivity index (χ1n) is 9.81. The van der Waals surface area contributed by atoms with Crippen molar-refractivity contribution < 1.29 is 14.3 Å². The summed E-state index contributed by atoms with van der Waals surface area (Å²) in [4.78, 5) is 14.3. The molecule has 0 N–H and O–H groups in total. The zero-order valence-electron chi connectivity index (χ0n) is 17.1. The topological polar surface area (TPSA) is 38.8 Å². The quantitative estimate of drug-likeness (QED) is 0.621. The lowest BCUT2D eigenvalue weighted by atomic mass is 9.73. The number of amides is 1. The Morgan fingerprint density at radius 2 is 1.92 bits per heavy atom. The summed E-state index contributed by atoms with van der Waals surface area (Å²) in [6.07, 6.45) is 2.97. The van der Waals surface area contributed by atoms with Crippen molar-refractivity contribution in [1.82, 2.24) is 4.90 Å². The molecule has 1 aromatic carbocycles. The molecule has 0 bridgehead atoms. The summed E-state index contributed by atoms with van der Waals surface area (Å²) in [5.41, 5.74) is 0.946. The van der Waals surface area contributed by atoms with Gasteiger partial charge in [-0.3, -0.25) is 0 Å². The third-order valence-electron chi connectivity index (χ3n) is 5.34. The summed E-state index contributed by atoms with van der Waals surface area (Å²) in [7, 11) is 0. The Labute approximate surface area is 158 Å². The number of likely N-dealkylation sites (tertiary alicyclic amines) is 1. The molecule has 0 aromatic heterocycles. The molecule has 146 valence electrons. The van der Waals surface area contributed by atoms with Gasteiger partial charge in [0, 0.05) is 19.7 Å². The molecule has 1 unspecified atom stereocenters. The van der Waals surface area contributed by atoms with Crippen molar-refractivity contribution in [3.8, 4) is 0 Å². The molecule has 2 rings (SSSR count). The van der Waals surface area contributed by atoms with Crippen LogP contribution in [0.5, 0.6) is 0 Å². The lowest BCUT2D eigenvalue weighted by molar-refractivity contribution is 0.0250. The summed E-state index contributed by atoms with van der Waals surface area (Å²) >= 11 is 0. The normalized spacial score (nSPS) is 20.6. The van der Waals surface area contributed by atoms with Crippen LogP contribution in [0.25, 0.3) is 0 Å². The van der Waals surface area contributed by atoms with E-state index in [-0.39, 0.29) is 11.5 Å². The van der Waals surface area contributed by atoms with E-state index in [0.717, 1.165) is 39.0 Å². The van der Waals surface area contributed by atoms with Gasteiger partial charge in [0.05, 0.1) is 6.61 Å². The number of benzene rings is 1. The molecule has 1 aromatic rings. The minimum atomic E-state index is -0.439. The summed E-state index contributed by atoms with van der Waals surface area (Å²) in [6, 6.07) is 10.3. The molecule has 1 atom stereocenters. The van der Waals surface area contributed by atoms with Crippen molar-refractivity contribution in [3.05, 3.63) is 35.9 Å². The van der Waals surface area contributed by atoms with Crippen molar-refractivity contribution in [2.45, 2.75) is 66.1 Å². The number of nitrogens with zero attached hydrogens (tertiary/aromatic N) is 1. The monoisotopic (exact) mass is 361 g/mol. The van der Waals surface area contributed by atoms with Crippen LogP contribution in [-0.4, -0.2) is 36.3 Å². The molecule has 1 aliphatic rings. The first kappa shape index (κ1) is 20.8. The van der Waals surface area contributed by atoms with Gasteiger partial charge in [-0.05, 0) is 56.9 Å². The average molecular weight is 362 g/mol. The fourth-order valence-corrected chi connectivity index (χ4v) is 3.63. The van der Waals surface area contributed by atoms with Gasteiger partial charge in [0.1, 0.15) is 5.60 Å². The number of hydrogen-bond acceptors (Lipinski definition) is 3. The van der Waals surface area contributed by atoms with Gasteiger partial charge in [-0.1, -0.05) is 44.2 Å². The molecule has 1 fully saturated rings. The standard InChI is InChI=1S/C22H35NO3/c1-18(2)22(12-9-15-25-16-19-10-7-6-8-11-19)13-14-23(17-22)20(24)26-21(3,4)5/h6-8,10-11,18H,9,12-17H2,1-5H3. The Kier molecular flexibility index (Phi) is 7.10. The van der Waals surface area contributed by atoms with E-state index in [0.29, 0.717) is 12.5 Å². The lowest BCUT2D eigenvalue weighted by Crippen LogP contribution is -2.38. The summed E-state index contributed by atoms with van der Waals surface area (Å²) in [6.45, 7) is 13.3. The second kappa shape index (κ2) is 8.90. The molecule has 1 heterocycles. The van der Waals surface area contributed by atoms with Crippen LogP contribution in [0, 0.1) is 11.3 Å². The Balaban J connectivity index is 1.80. The molecule has 0 saturated carbocycles. The maximum Gasteiger partial charge on any atom is 0.410 e. The van der Waals surface area contributed by atoms with Crippen molar-refractivity contribution in [2.75, 3.05) is 19.7 Å². The van der Waals surface area contributed by atoms with Crippen LogP contribution in [0.1, 0.15) is 59.4 Å².